The lowest BCUT2D eigenvalue weighted by molar-refractivity contribution is -0.127. The van der Waals surface area contributed by atoms with Gasteiger partial charge in [-0.15, -0.1) is 0 Å². The Bertz CT molecular complexity index is 659. The summed E-state index contributed by atoms with van der Waals surface area (Å²) in [6.45, 7) is 2.92. The van der Waals surface area contributed by atoms with Crippen molar-refractivity contribution in [1.29, 1.82) is 0 Å². The number of hydrogen-bond donors (Lipinski definition) is 0. The van der Waals surface area contributed by atoms with Crippen LogP contribution in [0.3, 0.4) is 0 Å². The van der Waals surface area contributed by atoms with E-state index in [-0.39, 0.29) is 18.2 Å². The second-order valence-corrected chi connectivity index (χ2v) is 5.32. The Hall–Kier alpha value is -2.10. The van der Waals surface area contributed by atoms with Gasteiger partial charge in [0.15, 0.2) is 5.78 Å². The van der Waals surface area contributed by atoms with Gasteiger partial charge in [-0.25, -0.2) is 0 Å². The molecule has 2 aromatic rings. The third kappa shape index (κ3) is 2.22. The van der Waals surface area contributed by atoms with Crippen molar-refractivity contribution in [3.63, 3.8) is 0 Å². The Morgan fingerprint density at radius 2 is 2.20 bits per heavy atom. The van der Waals surface area contributed by atoms with Gasteiger partial charge in [0.25, 0.3) is 0 Å². The number of rotatable bonds is 4. The molecule has 20 heavy (non-hydrogen) atoms. The zero-order chi connectivity index (χ0) is 14.1. The van der Waals surface area contributed by atoms with Gasteiger partial charge in [0, 0.05) is 18.4 Å². The maximum Gasteiger partial charge on any atom is 0.223 e. The van der Waals surface area contributed by atoms with Gasteiger partial charge in [0.2, 0.25) is 5.91 Å². The minimum atomic E-state index is -0.0555. The quantitative estimate of drug-likeness (QED) is 0.803. The van der Waals surface area contributed by atoms with Crippen LogP contribution in [0.2, 0.25) is 0 Å². The van der Waals surface area contributed by atoms with Gasteiger partial charge >= 0.3 is 0 Å². The van der Waals surface area contributed by atoms with Gasteiger partial charge in [0.1, 0.15) is 11.8 Å². The Balaban J connectivity index is 1.78. The Kier molecular flexibility index (Phi) is 3.30. The topological polar surface area (TPSA) is 50.5 Å². The molecule has 0 aliphatic carbocycles. The Morgan fingerprint density at radius 1 is 1.40 bits per heavy atom. The number of hydrogen-bond acceptors (Lipinski definition) is 3. The lowest BCUT2D eigenvalue weighted by Gasteiger charge is -2.14. The zero-order valence-electron chi connectivity index (χ0n) is 11.5. The summed E-state index contributed by atoms with van der Waals surface area (Å²) in [6, 6.07) is 7.45. The molecule has 1 aliphatic heterocycles. The monoisotopic (exact) mass is 271 g/mol. The van der Waals surface area contributed by atoms with Crippen molar-refractivity contribution in [3.8, 4) is 0 Å². The molecule has 0 bridgehead atoms. The van der Waals surface area contributed by atoms with Crippen LogP contribution >= 0.6 is 0 Å². The van der Waals surface area contributed by atoms with Crippen molar-refractivity contribution >= 4 is 22.7 Å². The van der Waals surface area contributed by atoms with Crippen LogP contribution in [0.15, 0.2) is 34.9 Å². The van der Waals surface area contributed by atoms with E-state index < -0.39 is 0 Å². The van der Waals surface area contributed by atoms with Crippen LogP contribution in [0, 0.1) is 5.92 Å². The van der Waals surface area contributed by atoms with Crippen LogP contribution in [0.5, 0.6) is 0 Å². The first kappa shape index (κ1) is 12.9. The van der Waals surface area contributed by atoms with Crippen molar-refractivity contribution in [2.45, 2.75) is 19.8 Å². The van der Waals surface area contributed by atoms with Crippen molar-refractivity contribution in [2.75, 3.05) is 13.1 Å². The molecule has 0 N–H and O–H groups in total. The summed E-state index contributed by atoms with van der Waals surface area (Å²) >= 11 is 0. The Labute approximate surface area is 117 Å². The first-order valence-corrected chi connectivity index (χ1v) is 6.96. The average Bonchev–Trinajstić information content (AvgIpc) is 3.03. The van der Waals surface area contributed by atoms with Gasteiger partial charge in [-0.1, -0.05) is 31.5 Å². The molecular weight excluding hydrogens is 254 g/mol. The molecular formula is C16H17NO3. The molecule has 1 aromatic heterocycles. The van der Waals surface area contributed by atoms with Crippen molar-refractivity contribution in [3.05, 3.63) is 36.1 Å². The van der Waals surface area contributed by atoms with Gasteiger partial charge in [-0.3, -0.25) is 9.59 Å². The molecule has 0 saturated carbocycles. The maximum atomic E-state index is 12.4. The average molecular weight is 271 g/mol. The van der Waals surface area contributed by atoms with E-state index in [1.807, 2.05) is 24.3 Å². The number of benzene rings is 1. The number of carbonyl (C=O) groups is 2. The summed E-state index contributed by atoms with van der Waals surface area (Å²) < 4.78 is 5.38. The van der Waals surface area contributed by atoms with E-state index in [2.05, 4.69) is 6.92 Å². The van der Waals surface area contributed by atoms with Crippen LogP contribution in [-0.4, -0.2) is 29.7 Å². The highest BCUT2D eigenvalue weighted by atomic mass is 16.3. The first-order valence-electron chi connectivity index (χ1n) is 6.96. The van der Waals surface area contributed by atoms with Crippen molar-refractivity contribution < 1.29 is 14.0 Å². The number of furan rings is 1. The summed E-state index contributed by atoms with van der Waals surface area (Å²) in [5.41, 5.74) is 1.27. The van der Waals surface area contributed by atoms with E-state index in [4.69, 9.17) is 4.42 Å². The number of fused-ring (bicyclic) bond motifs is 1. The van der Waals surface area contributed by atoms with Gasteiger partial charge in [0.05, 0.1) is 12.1 Å². The number of likely N-dealkylation sites (tertiary alicyclic amines) is 1. The first-order chi connectivity index (χ1) is 9.69. The van der Waals surface area contributed by atoms with Crippen molar-refractivity contribution in [2.24, 2.45) is 5.92 Å². The van der Waals surface area contributed by atoms with Crippen LogP contribution in [-0.2, 0) is 4.79 Å². The fourth-order valence-electron chi connectivity index (χ4n) is 2.73. The number of carbonyl (C=O) groups excluding carboxylic acids is 2. The summed E-state index contributed by atoms with van der Waals surface area (Å²) in [7, 11) is 0. The molecule has 3 rings (SSSR count). The normalized spacial score (nSPS) is 18.9. The summed E-state index contributed by atoms with van der Waals surface area (Å²) in [5.74, 6) is 0.412. The van der Waals surface area contributed by atoms with E-state index in [0.29, 0.717) is 30.0 Å². The number of para-hydroxylation sites is 1. The molecule has 1 aliphatic rings. The van der Waals surface area contributed by atoms with E-state index >= 15 is 0 Å². The van der Waals surface area contributed by atoms with E-state index in [1.54, 1.807) is 4.90 Å². The SMILES string of the molecule is CCC1CC(=O)N(CC(=O)c2coc3ccccc23)C1. The third-order valence-electron chi connectivity index (χ3n) is 3.99. The van der Waals surface area contributed by atoms with Crippen LogP contribution in [0.1, 0.15) is 30.1 Å². The summed E-state index contributed by atoms with van der Waals surface area (Å²) in [4.78, 5) is 25.9. The highest BCUT2D eigenvalue weighted by Crippen LogP contribution is 2.24. The van der Waals surface area contributed by atoms with E-state index in [9.17, 15) is 9.59 Å². The van der Waals surface area contributed by atoms with Gasteiger partial charge in [-0.2, -0.15) is 0 Å². The second-order valence-electron chi connectivity index (χ2n) is 5.32. The third-order valence-corrected chi connectivity index (χ3v) is 3.99. The predicted molar refractivity (Wildman–Crippen MR) is 75.5 cm³/mol. The lowest BCUT2D eigenvalue weighted by Crippen LogP contribution is -2.31. The molecule has 4 heteroatoms. The summed E-state index contributed by atoms with van der Waals surface area (Å²) in [5, 5.41) is 0.816. The number of ketones is 1. The van der Waals surface area contributed by atoms with Crippen LogP contribution in [0.4, 0.5) is 0 Å². The molecule has 1 unspecified atom stereocenters. The zero-order valence-corrected chi connectivity index (χ0v) is 11.5. The molecule has 1 atom stereocenters. The van der Waals surface area contributed by atoms with Crippen LogP contribution < -0.4 is 0 Å². The molecule has 104 valence electrons. The fourth-order valence-corrected chi connectivity index (χ4v) is 2.73. The number of nitrogens with zero attached hydrogens (tertiary/aromatic N) is 1. The van der Waals surface area contributed by atoms with Crippen LogP contribution in [0.25, 0.3) is 11.0 Å². The lowest BCUT2D eigenvalue weighted by atomic mass is 10.1. The van der Waals surface area contributed by atoms with Gasteiger partial charge in [-0.05, 0) is 12.0 Å². The molecule has 0 spiro atoms. The molecule has 1 saturated heterocycles. The molecule has 1 fully saturated rings. The second kappa shape index (κ2) is 5.12. The largest absolute Gasteiger partial charge is 0.464 e. The van der Waals surface area contributed by atoms with Gasteiger partial charge < -0.3 is 9.32 Å². The summed E-state index contributed by atoms with van der Waals surface area (Å²) in [6.07, 6.45) is 3.03. The number of Topliss-reactive ketones (excluding diaryl/α,β-unsaturated/α-hetero) is 1. The molecule has 2 heterocycles. The minimum absolute atomic E-state index is 0.0555. The highest BCUT2D eigenvalue weighted by Gasteiger charge is 2.30. The standard InChI is InChI=1S/C16H17NO3/c1-2-11-7-16(19)17(8-11)9-14(18)13-10-20-15-6-4-3-5-12(13)15/h3-6,10-11H,2,7-9H2,1H3. The minimum Gasteiger partial charge on any atom is -0.464 e. The molecule has 1 amide bonds. The Morgan fingerprint density at radius 3 is 2.95 bits per heavy atom. The molecule has 1 aromatic carbocycles. The van der Waals surface area contributed by atoms with E-state index in [0.717, 1.165) is 11.8 Å². The maximum absolute atomic E-state index is 12.4. The number of amides is 1. The highest BCUT2D eigenvalue weighted by molar-refractivity contribution is 6.08. The smallest absolute Gasteiger partial charge is 0.223 e. The van der Waals surface area contributed by atoms with Crippen molar-refractivity contribution in [1.82, 2.24) is 4.90 Å². The van der Waals surface area contributed by atoms with E-state index in [1.165, 1.54) is 6.26 Å². The fraction of sp³-hybridized carbons (Fsp3) is 0.375. The predicted octanol–water partition coefficient (Wildman–Crippen LogP) is 2.87. The molecule has 4 nitrogen and oxygen atoms in total. The molecule has 0 radical (unpaired) electrons.